The van der Waals surface area contributed by atoms with E-state index >= 15 is 0 Å². The van der Waals surface area contributed by atoms with Crippen molar-refractivity contribution in [1.29, 1.82) is 0 Å². The summed E-state index contributed by atoms with van der Waals surface area (Å²) in [6, 6.07) is 0.191. The number of aryl methyl sites for hydroxylation is 1. The van der Waals surface area contributed by atoms with E-state index in [9.17, 15) is 9.59 Å². The monoisotopic (exact) mass is 400 g/mol. The van der Waals surface area contributed by atoms with Gasteiger partial charge in [-0.15, -0.1) is 0 Å². The van der Waals surface area contributed by atoms with Crippen LogP contribution >= 0.6 is 0 Å². The second-order valence-electron chi connectivity index (χ2n) is 8.57. The SMILES string of the molecule is C[C@H]1C(=O)N2CCCc3nc(N[C@H]4C[C@H](NC(=O)[C@H]5CCCO5)C4)nc(c32)N1C. The second-order valence-corrected chi connectivity index (χ2v) is 8.57. The zero-order valence-electron chi connectivity index (χ0n) is 17.0. The second kappa shape index (κ2) is 7.12. The minimum Gasteiger partial charge on any atom is -0.368 e. The Hall–Kier alpha value is -2.42. The Kier molecular flexibility index (Phi) is 4.57. The van der Waals surface area contributed by atoms with E-state index in [1.807, 2.05) is 23.8 Å². The van der Waals surface area contributed by atoms with Crippen molar-refractivity contribution in [1.82, 2.24) is 15.3 Å². The predicted octanol–water partition coefficient (Wildman–Crippen LogP) is 0.832. The topological polar surface area (TPSA) is 99.7 Å². The summed E-state index contributed by atoms with van der Waals surface area (Å²) in [5.41, 5.74) is 1.82. The molecule has 1 aliphatic carbocycles. The fourth-order valence-corrected chi connectivity index (χ4v) is 4.68. The van der Waals surface area contributed by atoms with Crippen LogP contribution in [-0.2, 0) is 20.7 Å². The lowest BCUT2D eigenvalue weighted by Crippen LogP contribution is -2.53. The van der Waals surface area contributed by atoms with E-state index < -0.39 is 0 Å². The third-order valence-corrected chi connectivity index (χ3v) is 6.58. The molecule has 2 fully saturated rings. The third-order valence-electron chi connectivity index (χ3n) is 6.58. The van der Waals surface area contributed by atoms with Crippen LogP contribution in [0.1, 0.15) is 44.7 Å². The molecular weight excluding hydrogens is 372 g/mol. The minimum atomic E-state index is -0.276. The van der Waals surface area contributed by atoms with Crippen LogP contribution in [0.5, 0.6) is 0 Å². The Bertz CT molecular complexity index is 834. The zero-order valence-corrected chi connectivity index (χ0v) is 17.0. The number of hydrogen-bond donors (Lipinski definition) is 2. The summed E-state index contributed by atoms with van der Waals surface area (Å²) in [7, 11) is 1.92. The molecule has 2 amide bonds. The van der Waals surface area contributed by atoms with Crippen LogP contribution < -0.4 is 20.4 Å². The molecule has 9 heteroatoms. The molecule has 0 spiro atoms. The minimum absolute atomic E-state index is 0.0146. The number of anilines is 3. The molecule has 1 aromatic rings. The van der Waals surface area contributed by atoms with Gasteiger partial charge in [0.2, 0.25) is 17.8 Å². The van der Waals surface area contributed by atoms with Crippen LogP contribution in [0.15, 0.2) is 0 Å². The molecule has 156 valence electrons. The number of carbonyl (C=O) groups excluding carboxylic acids is 2. The average molecular weight is 400 g/mol. The van der Waals surface area contributed by atoms with Gasteiger partial charge in [-0.1, -0.05) is 0 Å². The highest BCUT2D eigenvalue weighted by Crippen LogP contribution is 2.40. The molecule has 0 aromatic carbocycles. The normalized spacial score (nSPS) is 30.6. The van der Waals surface area contributed by atoms with E-state index in [0.717, 1.165) is 62.3 Å². The van der Waals surface area contributed by atoms with Crippen molar-refractivity contribution >= 4 is 29.3 Å². The van der Waals surface area contributed by atoms with Crippen molar-refractivity contribution < 1.29 is 14.3 Å². The van der Waals surface area contributed by atoms with Crippen molar-refractivity contribution in [3.8, 4) is 0 Å². The number of likely N-dealkylation sites (N-methyl/N-ethyl adjacent to an activating group) is 1. The summed E-state index contributed by atoms with van der Waals surface area (Å²) >= 11 is 0. The van der Waals surface area contributed by atoms with E-state index in [1.165, 1.54) is 0 Å². The molecule has 3 aliphatic heterocycles. The Morgan fingerprint density at radius 1 is 1.21 bits per heavy atom. The van der Waals surface area contributed by atoms with Crippen LogP contribution in [0, 0.1) is 0 Å². The van der Waals surface area contributed by atoms with Gasteiger partial charge in [-0.3, -0.25) is 9.59 Å². The van der Waals surface area contributed by atoms with Crippen LogP contribution in [0.4, 0.5) is 17.5 Å². The summed E-state index contributed by atoms with van der Waals surface area (Å²) in [5, 5.41) is 6.51. The molecule has 0 radical (unpaired) electrons. The van der Waals surface area contributed by atoms with Crippen LogP contribution in [-0.4, -0.2) is 66.2 Å². The first-order valence-corrected chi connectivity index (χ1v) is 10.6. The highest BCUT2D eigenvalue weighted by molar-refractivity contribution is 6.05. The van der Waals surface area contributed by atoms with Crippen LogP contribution in [0.25, 0.3) is 0 Å². The molecule has 2 atom stereocenters. The van der Waals surface area contributed by atoms with Crippen molar-refractivity contribution in [3.63, 3.8) is 0 Å². The number of nitrogens with one attached hydrogen (secondary N) is 2. The standard InChI is InChI=1S/C20H28N6O3/c1-11-19(28)26-7-3-5-14-16(26)17(25(11)2)24-20(23-14)22-13-9-12(10-13)21-18(27)15-6-4-8-29-15/h11-13,15H,3-10H2,1-2H3,(H,21,27)(H,22,23,24)/t11-,12-,13-,15+/m0/s1. The summed E-state index contributed by atoms with van der Waals surface area (Å²) in [6.07, 6.45) is 4.98. The maximum Gasteiger partial charge on any atom is 0.249 e. The first kappa shape index (κ1) is 18.6. The van der Waals surface area contributed by atoms with Crippen molar-refractivity contribution in [2.75, 3.05) is 35.3 Å². The maximum absolute atomic E-state index is 12.6. The molecule has 5 rings (SSSR count). The molecule has 0 unspecified atom stereocenters. The van der Waals surface area contributed by atoms with Crippen molar-refractivity contribution in [2.24, 2.45) is 0 Å². The van der Waals surface area contributed by atoms with E-state index in [0.29, 0.717) is 12.6 Å². The van der Waals surface area contributed by atoms with E-state index in [-0.39, 0.29) is 36.0 Å². The fraction of sp³-hybridized carbons (Fsp3) is 0.700. The summed E-state index contributed by atoms with van der Waals surface area (Å²) < 4.78 is 5.45. The largest absolute Gasteiger partial charge is 0.368 e. The number of hydrogen-bond acceptors (Lipinski definition) is 7. The van der Waals surface area contributed by atoms with Gasteiger partial charge in [0.05, 0.1) is 5.69 Å². The van der Waals surface area contributed by atoms with Gasteiger partial charge >= 0.3 is 0 Å². The fourth-order valence-electron chi connectivity index (χ4n) is 4.68. The van der Waals surface area contributed by atoms with E-state index in [4.69, 9.17) is 14.7 Å². The number of amides is 2. The smallest absolute Gasteiger partial charge is 0.249 e. The quantitative estimate of drug-likeness (QED) is 0.772. The van der Waals surface area contributed by atoms with Crippen molar-refractivity contribution in [2.45, 2.75) is 69.7 Å². The van der Waals surface area contributed by atoms with Gasteiger partial charge in [-0.2, -0.15) is 4.98 Å². The zero-order chi connectivity index (χ0) is 20.1. The first-order valence-electron chi connectivity index (χ1n) is 10.6. The van der Waals surface area contributed by atoms with Gasteiger partial charge in [0.25, 0.3) is 0 Å². The number of nitrogens with zero attached hydrogens (tertiary/aromatic N) is 4. The van der Waals surface area contributed by atoms with Gasteiger partial charge in [0, 0.05) is 32.3 Å². The van der Waals surface area contributed by atoms with Gasteiger partial charge in [0.1, 0.15) is 17.8 Å². The number of carbonyl (C=O) groups is 2. The van der Waals surface area contributed by atoms with Crippen molar-refractivity contribution in [3.05, 3.63) is 5.69 Å². The van der Waals surface area contributed by atoms with Gasteiger partial charge in [-0.25, -0.2) is 4.98 Å². The lowest BCUT2D eigenvalue weighted by Gasteiger charge is -2.42. The van der Waals surface area contributed by atoms with Crippen LogP contribution in [0.2, 0.25) is 0 Å². The molecular formula is C20H28N6O3. The first-order chi connectivity index (χ1) is 14.0. The van der Waals surface area contributed by atoms with Gasteiger partial charge in [0.15, 0.2) is 5.82 Å². The Morgan fingerprint density at radius 3 is 2.79 bits per heavy atom. The summed E-state index contributed by atoms with van der Waals surface area (Å²) in [5.74, 6) is 1.57. The summed E-state index contributed by atoms with van der Waals surface area (Å²) in [6.45, 7) is 3.34. The molecule has 2 N–H and O–H groups in total. The Morgan fingerprint density at radius 2 is 2.03 bits per heavy atom. The lowest BCUT2D eigenvalue weighted by atomic mass is 9.86. The maximum atomic E-state index is 12.6. The van der Waals surface area contributed by atoms with E-state index in [2.05, 4.69) is 10.6 Å². The summed E-state index contributed by atoms with van der Waals surface area (Å²) in [4.78, 5) is 38.1. The molecule has 9 nitrogen and oxygen atoms in total. The highest BCUT2D eigenvalue weighted by atomic mass is 16.5. The Labute approximate surface area is 170 Å². The number of aromatic nitrogens is 2. The predicted molar refractivity (Wildman–Crippen MR) is 108 cm³/mol. The molecule has 4 heterocycles. The van der Waals surface area contributed by atoms with E-state index in [1.54, 1.807) is 0 Å². The van der Waals surface area contributed by atoms with Gasteiger partial charge in [-0.05, 0) is 45.4 Å². The molecule has 29 heavy (non-hydrogen) atoms. The third kappa shape index (κ3) is 3.21. The molecule has 1 aromatic heterocycles. The molecule has 0 bridgehead atoms. The molecule has 4 aliphatic rings. The van der Waals surface area contributed by atoms with Gasteiger partial charge < -0.3 is 25.2 Å². The number of ether oxygens (including phenoxy) is 1. The average Bonchev–Trinajstić information content (AvgIpc) is 3.23. The molecule has 1 saturated carbocycles. The van der Waals surface area contributed by atoms with Crippen LogP contribution in [0.3, 0.4) is 0 Å². The Balaban J connectivity index is 1.25. The lowest BCUT2D eigenvalue weighted by molar-refractivity contribution is -0.131. The highest BCUT2D eigenvalue weighted by Gasteiger charge is 2.39. The molecule has 1 saturated heterocycles. The number of rotatable bonds is 4.